The highest BCUT2D eigenvalue weighted by Gasteiger charge is 2.24. The standard InChI is InChI=1S/C11H10NO5P/c1-18(15,11-3-2-8-16-11)17-10-6-4-9(5-7-10)12(13)14/h2-8H,1H3. The third-order valence-electron chi connectivity index (χ3n) is 2.23. The maximum Gasteiger partial charge on any atom is 0.308 e. The van der Waals surface area contributed by atoms with E-state index in [0.29, 0.717) is 5.75 Å². The van der Waals surface area contributed by atoms with Crippen molar-refractivity contribution in [2.75, 3.05) is 6.66 Å². The van der Waals surface area contributed by atoms with Crippen molar-refractivity contribution in [1.82, 2.24) is 0 Å². The molecule has 6 nitrogen and oxygen atoms in total. The number of nitro groups is 1. The molecule has 0 aliphatic heterocycles. The molecule has 1 aromatic carbocycles. The van der Waals surface area contributed by atoms with Gasteiger partial charge < -0.3 is 8.94 Å². The van der Waals surface area contributed by atoms with Gasteiger partial charge in [-0.1, -0.05) is 0 Å². The van der Waals surface area contributed by atoms with E-state index < -0.39 is 12.3 Å². The molecule has 0 N–H and O–H groups in total. The Morgan fingerprint density at radius 3 is 2.44 bits per heavy atom. The summed E-state index contributed by atoms with van der Waals surface area (Å²) in [4.78, 5) is 9.97. The summed E-state index contributed by atoms with van der Waals surface area (Å²) in [6.07, 6.45) is 1.41. The fraction of sp³-hybridized carbons (Fsp3) is 0.0909. The van der Waals surface area contributed by atoms with Gasteiger partial charge in [-0.05, 0) is 24.3 Å². The van der Waals surface area contributed by atoms with Gasteiger partial charge in [-0.2, -0.15) is 0 Å². The second-order valence-electron chi connectivity index (χ2n) is 3.64. The molecule has 0 aliphatic carbocycles. The number of nitrogens with zero attached hydrogens (tertiary/aromatic N) is 1. The fourth-order valence-corrected chi connectivity index (χ4v) is 2.60. The lowest BCUT2D eigenvalue weighted by molar-refractivity contribution is -0.384. The Morgan fingerprint density at radius 2 is 1.94 bits per heavy atom. The van der Waals surface area contributed by atoms with E-state index in [9.17, 15) is 14.7 Å². The zero-order valence-corrected chi connectivity index (χ0v) is 10.4. The van der Waals surface area contributed by atoms with E-state index in [0.717, 1.165) is 0 Å². The normalized spacial score (nSPS) is 13.8. The molecule has 0 fully saturated rings. The molecule has 94 valence electrons. The SMILES string of the molecule is CP(=O)(Oc1ccc([N+](=O)[O-])cc1)c1ccco1. The molecular weight excluding hydrogens is 257 g/mol. The van der Waals surface area contributed by atoms with Crippen LogP contribution in [0.5, 0.6) is 5.75 Å². The predicted molar refractivity (Wildman–Crippen MR) is 65.6 cm³/mol. The summed E-state index contributed by atoms with van der Waals surface area (Å²) >= 11 is 0. The molecule has 18 heavy (non-hydrogen) atoms. The lowest BCUT2D eigenvalue weighted by atomic mass is 10.3. The molecule has 1 atom stereocenters. The van der Waals surface area contributed by atoms with Crippen LogP contribution in [0.3, 0.4) is 0 Å². The smallest absolute Gasteiger partial charge is 0.308 e. The van der Waals surface area contributed by atoms with Crippen LogP contribution < -0.4 is 10.0 Å². The van der Waals surface area contributed by atoms with Gasteiger partial charge in [-0.3, -0.25) is 14.7 Å². The minimum atomic E-state index is -3.09. The monoisotopic (exact) mass is 267 g/mol. The Morgan fingerprint density at radius 1 is 1.28 bits per heavy atom. The van der Waals surface area contributed by atoms with E-state index in [4.69, 9.17) is 8.94 Å². The molecule has 0 bridgehead atoms. The van der Waals surface area contributed by atoms with Crippen molar-refractivity contribution in [3.63, 3.8) is 0 Å². The van der Waals surface area contributed by atoms with Crippen molar-refractivity contribution < 1.29 is 18.4 Å². The zero-order chi connectivity index (χ0) is 13.2. The minimum Gasteiger partial charge on any atom is -0.458 e. The van der Waals surface area contributed by atoms with E-state index in [1.54, 1.807) is 12.1 Å². The van der Waals surface area contributed by atoms with Gasteiger partial charge in [0.1, 0.15) is 5.75 Å². The summed E-state index contributed by atoms with van der Waals surface area (Å²) in [7, 11) is -3.09. The minimum absolute atomic E-state index is 0.0497. The van der Waals surface area contributed by atoms with Gasteiger partial charge in [0, 0.05) is 18.8 Å². The van der Waals surface area contributed by atoms with Crippen molar-refractivity contribution in [1.29, 1.82) is 0 Å². The lowest BCUT2D eigenvalue weighted by Gasteiger charge is -2.12. The van der Waals surface area contributed by atoms with E-state index in [1.807, 2.05) is 0 Å². The van der Waals surface area contributed by atoms with Gasteiger partial charge >= 0.3 is 7.37 Å². The first-order chi connectivity index (χ1) is 8.49. The van der Waals surface area contributed by atoms with Crippen molar-refractivity contribution in [3.8, 4) is 5.75 Å². The Labute approximate surface area is 103 Å². The number of hydrogen-bond acceptors (Lipinski definition) is 5. The number of benzene rings is 1. The van der Waals surface area contributed by atoms with Crippen molar-refractivity contribution >= 4 is 18.6 Å². The number of hydrogen-bond donors (Lipinski definition) is 0. The number of nitro benzene ring substituents is 1. The quantitative estimate of drug-likeness (QED) is 0.483. The Bertz CT molecular complexity index is 590. The summed E-state index contributed by atoms with van der Waals surface area (Å²) in [5, 5.41) is 10.5. The van der Waals surface area contributed by atoms with Crippen LogP contribution in [0, 0.1) is 10.1 Å². The van der Waals surface area contributed by atoms with Crippen molar-refractivity contribution in [3.05, 3.63) is 52.8 Å². The first-order valence-corrected chi connectivity index (χ1v) is 7.12. The molecular formula is C11H10NO5P. The average Bonchev–Trinajstić information content (AvgIpc) is 2.83. The molecule has 1 aromatic heterocycles. The molecule has 0 spiro atoms. The van der Waals surface area contributed by atoms with Crippen LogP contribution >= 0.6 is 7.37 Å². The molecule has 2 aromatic rings. The van der Waals surface area contributed by atoms with Gasteiger partial charge in [-0.25, -0.2) is 0 Å². The molecule has 2 rings (SSSR count). The third kappa shape index (κ3) is 2.60. The Kier molecular flexibility index (Phi) is 3.21. The first kappa shape index (κ1) is 12.4. The highest BCUT2D eigenvalue weighted by Crippen LogP contribution is 2.42. The third-order valence-corrected chi connectivity index (χ3v) is 3.85. The molecule has 0 saturated carbocycles. The maximum atomic E-state index is 12.2. The van der Waals surface area contributed by atoms with Crippen LogP contribution in [0.4, 0.5) is 5.69 Å². The summed E-state index contributed by atoms with van der Waals surface area (Å²) in [5.41, 5.74) is 0.201. The number of furan rings is 1. The molecule has 0 saturated heterocycles. The molecule has 0 aliphatic rings. The molecule has 1 unspecified atom stereocenters. The second-order valence-corrected chi connectivity index (χ2v) is 5.95. The summed E-state index contributed by atoms with van der Waals surface area (Å²) < 4.78 is 22.6. The lowest BCUT2D eigenvalue weighted by Crippen LogP contribution is -2.05. The second kappa shape index (κ2) is 4.66. The molecule has 1 heterocycles. The summed E-state index contributed by atoms with van der Waals surface area (Å²) in [6, 6.07) is 8.56. The topological polar surface area (TPSA) is 82.6 Å². The van der Waals surface area contributed by atoms with E-state index in [-0.39, 0.29) is 11.2 Å². The number of rotatable bonds is 4. The molecule has 0 radical (unpaired) electrons. The van der Waals surface area contributed by atoms with Gasteiger partial charge in [0.05, 0.1) is 11.2 Å². The van der Waals surface area contributed by atoms with Crippen molar-refractivity contribution in [2.24, 2.45) is 0 Å². The van der Waals surface area contributed by atoms with Crippen LogP contribution in [0.2, 0.25) is 0 Å². The van der Waals surface area contributed by atoms with E-state index >= 15 is 0 Å². The first-order valence-electron chi connectivity index (χ1n) is 5.05. The maximum absolute atomic E-state index is 12.2. The van der Waals surface area contributed by atoms with Gasteiger partial charge in [0.25, 0.3) is 5.69 Å². The van der Waals surface area contributed by atoms with Crippen LogP contribution in [0.25, 0.3) is 0 Å². The van der Waals surface area contributed by atoms with E-state index in [1.165, 1.54) is 37.2 Å². The molecule has 7 heteroatoms. The zero-order valence-electron chi connectivity index (χ0n) is 9.48. The van der Waals surface area contributed by atoms with Crippen LogP contribution in [-0.2, 0) is 4.57 Å². The Balaban J connectivity index is 2.19. The summed E-state index contributed by atoms with van der Waals surface area (Å²) in [5.74, 6) is 0.294. The van der Waals surface area contributed by atoms with Crippen molar-refractivity contribution in [2.45, 2.75) is 0 Å². The van der Waals surface area contributed by atoms with Gasteiger partial charge in [-0.15, -0.1) is 0 Å². The Hall–Kier alpha value is -2.07. The highest BCUT2D eigenvalue weighted by atomic mass is 31.2. The fourth-order valence-electron chi connectivity index (χ4n) is 1.38. The van der Waals surface area contributed by atoms with E-state index in [2.05, 4.69) is 0 Å². The van der Waals surface area contributed by atoms with Crippen LogP contribution in [0.15, 0.2) is 47.1 Å². The summed E-state index contributed by atoms with van der Waals surface area (Å²) in [6.45, 7) is 1.42. The molecule has 0 amide bonds. The highest BCUT2D eigenvalue weighted by molar-refractivity contribution is 7.66. The number of non-ortho nitro benzene ring substituents is 1. The largest absolute Gasteiger partial charge is 0.458 e. The predicted octanol–water partition coefficient (Wildman–Crippen LogP) is 2.80. The van der Waals surface area contributed by atoms with Gasteiger partial charge in [0.2, 0.25) is 0 Å². The average molecular weight is 267 g/mol. The van der Waals surface area contributed by atoms with Crippen LogP contribution in [0.1, 0.15) is 0 Å². The van der Waals surface area contributed by atoms with Crippen LogP contribution in [-0.4, -0.2) is 11.6 Å². The van der Waals surface area contributed by atoms with Gasteiger partial charge in [0.15, 0.2) is 5.50 Å².